The molecule has 4 rings (SSSR count). The van der Waals surface area contributed by atoms with Gasteiger partial charge in [-0.05, 0) is 25.1 Å². The highest BCUT2D eigenvalue weighted by atomic mass is 35.5. The summed E-state index contributed by atoms with van der Waals surface area (Å²) in [6.45, 7) is 2.28. The van der Waals surface area contributed by atoms with E-state index in [1.54, 1.807) is 44.4 Å². The lowest BCUT2D eigenvalue weighted by atomic mass is 10.2. The van der Waals surface area contributed by atoms with Crippen molar-refractivity contribution in [2.45, 2.75) is 25.6 Å². The number of pyridine rings is 2. The zero-order valence-electron chi connectivity index (χ0n) is 17.3. The second kappa shape index (κ2) is 9.28. The Hall–Kier alpha value is -3.57. The van der Waals surface area contributed by atoms with Crippen molar-refractivity contribution in [2.24, 2.45) is 7.05 Å². The molecule has 166 valence electrons. The number of halogens is 1. The van der Waals surface area contributed by atoms with E-state index in [0.717, 1.165) is 0 Å². The fourth-order valence-corrected chi connectivity index (χ4v) is 3.27. The molecule has 2 amide bonds. The smallest absolute Gasteiger partial charge is 0.413 e. The molecule has 1 fully saturated rings. The molecule has 12 heteroatoms. The summed E-state index contributed by atoms with van der Waals surface area (Å²) >= 11 is 6.06. The molecule has 2 N–H and O–H groups in total. The minimum Gasteiger partial charge on any atom is -0.441 e. The standard InChI is InChI=1S/C20H20ClN7O4/c1-11(13-4-3-8-22-17(13)21)32-20(30)25-18-16(26-27-28(18)2)14-6-5-12(10-23-14)24-19(29)15-7-9-31-15/h3-6,8,10-11,15H,7,9H2,1-2H3,(H,24,29)(H,25,30)/t11-,15?/m1/s1. The molecule has 3 aromatic rings. The van der Waals surface area contributed by atoms with Gasteiger partial charge in [0.1, 0.15) is 17.4 Å². The van der Waals surface area contributed by atoms with Crippen LogP contribution in [0.2, 0.25) is 5.15 Å². The van der Waals surface area contributed by atoms with E-state index < -0.39 is 18.3 Å². The van der Waals surface area contributed by atoms with Gasteiger partial charge in [0.2, 0.25) is 0 Å². The predicted molar refractivity (Wildman–Crippen MR) is 115 cm³/mol. The van der Waals surface area contributed by atoms with Crippen LogP contribution in [-0.4, -0.2) is 49.7 Å². The lowest BCUT2D eigenvalue weighted by Gasteiger charge is -2.24. The van der Waals surface area contributed by atoms with Gasteiger partial charge in [0.05, 0.1) is 24.2 Å². The van der Waals surface area contributed by atoms with Crippen molar-refractivity contribution in [2.75, 3.05) is 17.2 Å². The van der Waals surface area contributed by atoms with Crippen molar-refractivity contribution in [3.05, 3.63) is 47.4 Å². The molecule has 11 nitrogen and oxygen atoms in total. The summed E-state index contributed by atoms with van der Waals surface area (Å²) in [5.41, 5.74) is 1.90. The van der Waals surface area contributed by atoms with Crippen LogP contribution in [0.4, 0.5) is 16.3 Å². The van der Waals surface area contributed by atoms with Crippen LogP contribution in [0.5, 0.6) is 0 Å². The van der Waals surface area contributed by atoms with Crippen molar-refractivity contribution in [3.8, 4) is 11.4 Å². The first-order chi connectivity index (χ1) is 15.4. The molecule has 32 heavy (non-hydrogen) atoms. The second-order valence-electron chi connectivity index (χ2n) is 7.04. The van der Waals surface area contributed by atoms with Gasteiger partial charge in [0.25, 0.3) is 5.91 Å². The van der Waals surface area contributed by atoms with Gasteiger partial charge in [0, 0.05) is 25.2 Å². The maximum absolute atomic E-state index is 12.5. The maximum Gasteiger partial charge on any atom is 0.413 e. The van der Waals surface area contributed by atoms with E-state index in [9.17, 15) is 9.59 Å². The third-order valence-corrected chi connectivity index (χ3v) is 5.14. The Morgan fingerprint density at radius 3 is 2.75 bits per heavy atom. The van der Waals surface area contributed by atoms with Crippen LogP contribution in [0, 0.1) is 0 Å². The molecule has 0 bridgehead atoms. The summed E-state index contributed by atoms with van der Waals surface area (Å²) < 4.78 is 12.0. The number of anilines is 2. The highest BCUT2D eigenvalue weighted by molar-refractivity contribution is 6.30. The molecule has 3 aromatic heterocycles. The Morgan fingerprint density at radius 1 is 1.28 bits per heavy atom. The number of amides is 2. The first-order valence-electron chi connectivity index (χ1n) is 9.79. The Balaban J connectivity index is 1.44. The molecular formula is C20H20ClN7O4. The van der Waals surface area contributed by atoms with Gasteiger partial charge in [-0.3, -0.25) is 15.1 Å². The van der Waals surface area contributed by atoms with E-state index in [1.165, 1.54) is 10.9 Å². The van der Waals surface area contributed by atoms with E-state index in [1.807, 2.05) is 0 Å². The van der Waals surface area contributed by atoms with Crippen LogP contribution < -0.4 is 10.6 Å². The van der Waals surface area contributed by atoms with E-state index >= 15 is 0 Å². The van der Waals surface area contributed by atoms with Gasteiger partial charge in [-0.25, -0.2) is 14.5 Å². The van der Waals surface area contributed by atoms with Crippen molar-refractivity contribution in [3.63, 3.8) is 0 Å². The summed E-state index contributed by atoms with van der Waals surface area (Å²) in [5, 5.41) is 13.7. The Bertz CT molecular complexity index is 1130. The minimum absolute atomic E-state index is 0.210. The molecule has 0 radical (unpaired) electrons. The fraction of sp³-hybridized carbons (Fsp3) is 0.300. The first kappa shape index (κ1) is 21.7. The van der Waals surface area contributed by atoms with Gasteiger partial charge in [0.15, 0.2) is 11.5 Å². The highest BCUT2D eigenvalue weighted by Crippen LogP contribution is 2.27. The lowest BCUT2D eigenvalue weighted by Crippen LogP contribution is -2.38. The number of nitrogens with one attached hydrogen (secondary N) is 2. The number of nitrogens with zero attached hydrogens (tertiary/aromatic N) is 5. The number of aromatic nitrogens is 5. The van der Waals surface area contributed by atoms with Crippen LogP contribution in [0.1, 0.15) is 25.0 Å². The topological polar surface area (TPSA) is 133 Å². The molecule has 4 heterocycles. The Labute approximate surface area is 188 Å². The molecule has 0 saturated carbocycles. The quantitative estimate of drug-likeness (QED) is 0.539. The van der Waals surface area contributed by atoms with Gasteiger partial charge in [-0.1, -0.05) is 22.9 Å². The molecule has 0 aliphatic carbocycles. The monoisotopic (exact) mass is 457 g/mol. The van der Waals surface area contributed by atoms with Crippen LogP contribution in [-0.2, 0) is 21.3 Å². The molecule has 0 spiro atoms. The third-order valence-electron chi connectivity index (χ3n) is 4.82. The Kier molecular flexibility index (Phi) is 6.28. The lowest BCUT2D eigenvalue weighted by molar-refractivity contribution is -0.139. The predicted octanol–water partition coefficient (Wildman–Crippen LogP) is 2.96. The Morgan fingerprint density at radius 2 is 2.09 bits per heavy atom. The van der Waals surface area contributed by atoms with Crippen LogP contribution in [0.3, 0.4) is 0 Å². The molecule has 1 saturated heterocycles. The number of hydrogen-bond donors (Lipinski definition) is 2. The molecule has 1 aliphatic heterocycles. The average Bonchev–Trinajstić information content (AvgIpc) is 3.07. The largest absolute Gasteiger partial charge is 0.441 e. The van der Waals surface area contributed by atoms with Crippen molar-refractivity contribution in [1.29, 1.82) is 0 Å². The van der Waals surface area contributed by atoms with Gasteiger partial charge < -0.3 is 14.8 Å². The van der Waals surface area contributed by atoms with E-state index in [2.05, 4.69) is 30.9 Å². The van der Waals surface area contributed by atoms with Crippen molar-refractivity contribution in [1.82, 2.24) is 25.0 Å². The SMILES string of the molecule is C[C@@H](OC(=O)Nc1c(-c2ccc(NC(=O)C3CCO3)cn2)nnn1C)c1cccnc1Cl. The van der Waals surface area contributed by atoms with Crippen molar-refractivity contribution < 1.29 is 19.1 Å². The minimum atomic E-state index is -0.714. The first-order valence-corrected chi connectivity index (χ1v) is 10.2. The van der Waals surface area contributed by atoms with E-state index in [4.69, 9.17) is 21.1 Å². The molecule has 1 aliphatic rings. The normalized spacial score (nSPS) is 16.0. The van der Waals surface area contributed by atoms with Crippen molar-refractivity contribution >= 4 is 35.1 Å². The number of hydrogen-bond acceptors (Lipinski definition) is 8. The van der Waals surface area contributed by atoms with Gasteiger partial charge in [-0.15, -0.1) is 5.10 Å². The zero-order chi connectivity index (χ0) is 22.7. The van der Waals surface area contributed by atoms with Crippen LogP contribution >= 0.6 is 11.6 Å². The molecular weight excluding hydrogens is 438 g/mol. The van der Waals surface area contributed by atoms with Crippen LogP contribution in [0.25, 0.3) is 11.4 Å². The summed E-state index contributed by atoms with van der Waals surface area (Å²) in [6.07, 6.45) is 2.00. The number of carbonyl (C=O) groups is 2. The van der Waals surface area contributed by atoms with E-state index in [-0.39, 0.29) is 11.1 Å². The van der Waals surface area contributed by atoms with Gasteiger partial charge >= 0.3 is 6.09 Å². The summed E-state index contributed by atoms with van der Waals surface area (Å²) in [5.74, 6) is 0.0879. The molecule has 0 aromatic carbocycles. The van der Waals surface area contributed by atoms with Gasteiger partial charge in [-0.2, -0.15) is 0 Å². The summed E-state index contributed by atoms with van der Waals surface area (Å²) in [4.78, 5) is 32.7. The van der Waals surface area contributed by atoms with E-state index in [0.29, 0.717) is 41.5 Å². The summed E-state index contributed by atoms with van der Waals surface area (Å²) in [7, 11) is 1.63. The molecule has 1 unspecified atom stereocenters. The fourth-order valence-electron chi connectivity index (χ4n) is 2.99. The van der Waals surface area contributed by atoms with Crippen LogP contribution in [0.15, 0.2) is 36.7 Å². The number of aryl methyl sites for hydroxylation is 1. The summed E-state index contributed by atoms with van der Waals surface area (Å²) in [6, 6.07) is 6.78. The number of ether oxygens (including phenoxy) is 2. The maximum atomic E-state index is 12.5. The highest BCUT2D eigenvalue weighted by Gasteiger charge is 2.26. The number of carbonyl (C=O) groups excluding carboxylic acids is 2. The second-order valence-corrected chi connectivity index (χ2v) is 7.39. The molecule has 2 atom stereocenters. The number of rotatable bonds is 6. The zero-order valence-corrected chi connectivity index (χ0v) is 18.0. The third kappa shape index (κ3) is 4.68. The average molecular weight is 458 g/mol.